The monoisotopic (exact) mass is 321 g/mol. The normalized spacial score (nSPS) is 22.8. The molecule has 0 amide bonds. The lowest BCUT2D eigenvalue weighted by molar-refractivity contribution is -0.121. The number of benzene rings is 1. The molecule has 1 N–H and O–H groups in total. The smallest absolute Gasteiger partial charge is 0.246 e. The number of aryl methyl sites for hydroxylation is 1. The third-order valence-electron chi connectivity index (χ3n) is 3.47. The van der Waals surface area contributed by atoms with Crippen LogP contribution in [0.2, 0.25) is 0 Å². The Labute approximate surface area is 130 Å². The lowest BCUT2D eigenvalue weighted by Crippen LogP contribution is -2.52. The van der Waals surface area contributed by atoms with Crippen molar-refractivity contribution in [2.75, 3.05) is 0 Å². The molecule has 6 heteroatoms. The lowest BCUT2D eigenvalue weighted by Gasteiger charge is -2.34. The number of carbonyl (C=O) groups is 1. The molecule has 5 nitrogen and oxygen atoms in total. The van der Waals surface area contributed by atoms with E-state index in [2.05, 4.69) is 6.58 Å². The van der Waals surface area contributed by atoms with Gasteiger partial charge in [-0.3, -0.25) is 4.79 Å². The van der Waals surface area contributed by atoms with Gasteiger partial charge in [0.1, 0.15) is 6.23 Å². The van der Waals surface area contributed by atoms with Gasteiger partial charge >= 0.3 is 0 Å². The van der Waals surface area contributed by atoms with Crippen LogP contribution < -0.4 is 0 Å². The number of ketones is 1. The van der Waals surface area contributed by atoms with Crippen molar-refractivity contribution in [2.45, 2.75) is 37.4 Å². The number of carbonyl (C=O) groups excluding carboxylic acids is 1. The fourth-order valence-electron chi connectivity index (χ4n) is 2.35. The molecular formula is C16H19NO4S. The van der Waals surface area contributed by atoms with Crippen molar-refractivity contribution in [3.05, 3.63) is 54.1 Å². The summed E-state index contributed by atoms with van der Waals surface area (Å²) < 4.78 is 26.4. The molecule has 118 valence electrons. The predicted molar refractivity (Wildman–Crippen MR) is 83.6 cm³/mol. The molecule has 0 bridgehead atoms. The third-order valence-corrected chi connectivity index (χ3v) is 5.36. The Bertz CT molecular complexity index is 719. The third kappa shape index (κ3) is 3.19. The SMILES string of the molecule is C=C(C)C[C@@H]1C(=O)C=C[C@H](O)N1S(=O)(=O)c1ccc(C)cc1. The summed E-state index contributed by atoms with van der Waals surface area (Å²) in [5.74, 6) is -0.357. The van der Waals surface area contributed by atoms with E-state index in [9.17, 15) is 18.3 Å². The van der Waals surface area contributed by atoms with Crippen molar-refractivity contribution in [3.63, 3.8) is 0 Å². The molecule has 1 aliphatic heterocycles. The van der Waals surface area contributed by atoms with E-state index in [1.54, 1.807) is 19.1 Å². The van der Waals surface area contributed by atoms with Crippen molar-refractivity contribution in [1.82, 2.24) is 4.31 Å². The van der Waals surface area contributed by atoms with Gasteiger partial charge in [0.05, 0.1) is 10.9 Å². The maximum Gasteiger partial charge on any atom is 0.246 e. The van der Waals surface area contributed by atoms with E-state index in [-0.39, 0.29) is 17.1 Å². The molecule has 22 heavy (non-hydrogen) atoms. The molecule has 1 aromatic rings. The van der Waals surface area contributed by atoms with Crippen molar-refractivity contribution in [1.29, 1.82) is 0 Å². The van der Waals surface area contributed by atoms with Gasteiger partial charge in [-0.15, -0.1) is 6.58 Å². The average molecular weight is 321 g/mol. The fraction of sp³-hybridized carbons (Fsp3) is 0.312. The number of sulfonamides is 1. The van der Waals surface area contributed by atoms with Gasteiger partial charge in [-0.1, -0.05) is 23.3 Å². The van der Waals surface area contributed by atoms with Crippen LogP contribution in [0.1, 0.15) is 18.9 Å². The van der Waals surface area contributed by atoms with Gasteiger partial charge in [-0.05, 0) is 44.6 Å². The van der Waals surface area contributed by atoms with Crippen molar-refractivity contribution in [3.8, 4) is 0 Å². The second-order valence-corrected chi connectivity index (χ2v) is 7.34. The second kappa shape index (κ2) is 6.16. The first kappa shape index (κ1) is 16.6. The molecule has 0 saturated heterocycles. The molecular weight excluding hydrogens is 302 g/mol. The molecule has 0 fully saturated rings. The average Bonchev–Trinajstić information content (AvgIpc) is 2.42. The van der Waals surface area contributed by atoms with Crippen LogP contribution in [-0.2, 0) is 14.8 Å². The summed E-state index contributed by atoms with van der Waals surface area (Å²) >= 11 is 0. The van der Waals surface area contributed by atoms with Gasteiger partial charge in [-0.2, -0.15) is 4.31 Å². The van der Waals surface area contributed by atoms with E-state index in [4.69, 9.17) is 0 Å². The van der Waals surface area contributed by atoms with E-state index in [0.717, 1.165) is 9.87 Å². The molecule has 2 rings (SSSR count). The van der Waals surface area contributed by atoms with Gasteiger partial charge in [-0.25, -0.2) is 8.42 Å². The first-order valence-electron chi connectivity index (χ1n) is 6.88. The molecule has 0 radical (unpaired) electrons. The Morgan fingerprint density at radius 3 is 2.45 bits per heavy atom. The number of hydrogen-bond donors (Lipinski definition) is 1. The Morgan fingerprint density at radius 1 is 1.32 bits per heavy atom. The number of aliphatic hydroxyl groups is 1. The van der Waals surface area contributed by atoms with Crippen LogP contribution in [0.25, 0.3) is 0 Å². The highest BCUT2D eigenvalue weighted by Crippen LogP contribution is 2.27. The highest BCUT2D eigenvalue weighted by Gasteiger charge is 2.40. The van der Waals surface area contributed by atoms with Crippen LogP contribution in [0, 0.1) is 6.92 Å². The highest BCUT2D eigenvalue weighted by atomic mass is 32.2. The van der Waals surface area contributed by atoms with Crippen LogP contribution in [0.5, 0.6) is 0 Å². The van der Waals surface area contributed by atoms with E-state index in [1.807, 2.05) is 6.92 Å². The van der Waals surface area contributed by atoms with Crippen LogP contribution in [0.3, 0.4) is 0 Å². The van der Waals surface area contributed by atoms with Crippen molar-refractivity contribution in [2.24, 2.45) is 0 Å². The van der Waals surface area contributed by atoms with Crippen LogP contribution in [-0.4, -0.2) is 35.9 Å². The maximum absolute atomic E-state index is 12.8. The molecule has 0 aliphatic carbocycles. The predicted octanol–water partition coefficient (Wildman–Crippen LogP) is 1.78. The number of rotatable bonds is 4. The molecule has 0 unspecified atom stereocenters. The number of hydrogen-bond acceptors (Lipinski definition) is 4. The highest BCUT2D eigenvalue weighted by molar-refractivity contribution is 7.89. The standard InChI is InChI=1S/C16H19NO4S/c1-11(2)10-14-15(18)8-9-16(19)17(14)22(20,21)13-6-4-12(3)5-7-13/h4-9,14,16,19H,1,10H2,2-3H3/t14-,16+/m1/s1. The quantitative estimate of drug-likeness (QED) is 0.858. The fourth-order valence-corrected chi connectivity index (χ4v) is 3.94. The van der Waals surface area contributed by atoms with Crippen molar-refractivity contribution < 1.29 is 18.3 Å². The summed E-state index contributed by atoms with van der Waals surface area (Å²) in [4.78, 5) is 12.1. The molecule has 1 heterocycles. The Balaban J connectivity index is 2.49. The summed E-state index contributed by atoms with van der Waals surface area (Å²) in [6, 6.07) is 5.32. The Hall–Kier alpha value is -1.76. The summed E-state index contributed by atoms with van der Waals surface area (Å²) in [6.45, 7) is 7.30. The van der Waals surface area contributed by atoms with Gasteiger partial charge < -0.3 is 5.11 Å². The minimum atomic E-state index is -3.99. The van der Waals surface area contributed by atoms with Gasteiger partial charge in [0.25, 0.3) is 0 Å². The summed E-state index contributed by atoms with van der Waals surface area (Å²) in [6.07, 6.45) is 1.21. The summed E-state index contributed by atoms with van der Waals surface area (Å²) in [7, 11) is -3.99. The number of aliphatic hydroxyl groups excluding tert-OH is 1. The first-order chi connectivity index (χ1) is 10.2. The van der Waals surface area contributed by atoms with E-state index >= 15 is 0 Å². The molecule has 2 atom stereocenters. The second-order valence-electron chi connectivity index (χ2n) is 5.50. The Kier molecular flexibility index (Phi) is 4.65. The van der Waals surface area contributed by atoms with Crippen LogP contribution >= 0.6 is 0 Å². The zero-order valence-electron chi connectivity index (χ0n) is 12.6. The zero-order chi connectivity index (χ0) is 16.5. The molecule has 0 saturated carbocycles. The molecule has 1 aromatic carbocycles. The van der Waals surface area contributed by atoms with Gasteiger partial charge in [0, 0.05) is 0 Å². The molecule has 0 aromatic heterocycles. The van der Waals surface area contributed by atoms with Gasteiger partial charge in [0.2, 0.25) is 10.0 Å². The number of nitrogens with zero attached hydrogens (tertiary/aromatic N) is 1. The zero-order valence-corrected chi connectivity index (χ0v) is 13.4. The molecule has 1 aliphatic rings. The minimum absolute atomic E-state index is 0.0481. The van der Waals surface area contributed by atoms with Crippen LogP contribution in [0.4, 0.5) is 0 Å². The maximum atomic E-state index is 12.8. The van der Waals surface area contributed by atoms with E-state index in [1.165, 1.54) is 24.3 Å². The minimum Gasteiger partial charge on any atom is -0.374 e. The van der Waals surface area contributed by atoms with Crippen molar-refractivity contribution >= 4 is 15.8 Å². The summed E-state index contributed by atoms with van der Waals surface area (Å²) in [5, 5.41) is 10.1. The van der Waals surface area contributed by atoms with Crippen LogP contribution in [0.15, 0.2) is 53.5 Å². The lowest BCUT2D eigenvalue weighted by atomic mass is 10.0. The topological polar surface area (TPSA) is 74.7 Å². The largest absolute Gasteiger partial charge is 0.374 e. The first-order valence-corrected chi connectivity index (χ1v) is 8.32. The van der Waals surface area contributed by atoms with E-state index in [0.29, 0.717) is 5.57 Å². The Morgan fingerprint density at radius 2 is 1.91 bits per heavy atom. The van der Waals surface area contributed by atoms with E-state index < -0.39 is 22.3 Å². The summed E-state index contributed by atoms with van der Waals surface area (Å²) in [5.41, 5.74) is 1.59. The molecule has 0 spiro atoms. The van der Waals surface area contributed by atoms with Gasteiger partial charge in [0.15, 0.2) is 5.78 Å².